The van der Waals surface area contributed by atoms with E-state index in [1.165, 1.54) is 0 Å². The van der Waals surface area contributed by atoms with E-state index < -0.39 is 17.4 Å². The molecule has 2 amide bonds. The topological polar surface area (TPSA) is 121 Å². The van der Waals surface area contributed by atoms with E-state index in [4.69, 9.17) is 9.84 Å². The molecular weight excluding hydrogens is 546 g/mol. The zero-order valence-corrected chi connectivity index (χ0v) is 25.0. The molecule has 0 spiro atoms. The molecule has 2 aliphatic heterocycles. The van der Waals surface area contributed by atoms with Crippen LogP contribution in [0.3, 0.4) is 0 Å². The molecule has 2 aliphatic rings. The number of aliphatic hydroxyl groups is 2. The van der Waals surface area contributed by atoms with E-state index in [0.29, 0.717) is 49.4 Å². The van der Waals surface area contributed by atoms with Gasteiger partial charge in [0.25, 0.3) is 5.91 Å². The third-order valence-corrected chi connectivity index (χ3v) is 8.43. The summed E-state index contributed by atoms with van der Waals surface area (Å²) in [5, 5.41) is 29.3. The van der Waals surface area contributed by atoms with Gasteiger partial charge in [0.15, 0.2) is 5.60 Å². The van der Waals surface area contributed by atoms with Crippen LogP contribution in [-0.4, -0.2) is 57.3 Å². The van der Waals surface area contributed by atoms with Crippen LogP contribution >= 0.6 is 0 Å². The van der Waals surface area contributed by atoms with E-state index >= 15 is 0 Å². The predicted molar refractivity (Wildman–Crippen MR) is 164 cm³/mol. The SMILES string of the molecule is COc1ccc2c(c1)[C@](O)([C@@H](C)/C=C/CCn1cc(CCO)nn1)C(=O)N2Cc1cccc(N2CCCCCCC2=O)c1. The summed E-state index contributed by atoms with van der Waals surface area (Å²) in [6.07, 6.45) is 11.3. The molecule has 2 atom stereocenters. The molecule has 3 heterocycles. The van der Waals surface area contributed by atoms with Crippen molar-refractivity contribution in [3.8, 4) is 5.75 Å². The number of amides is 2. The molecule has 3 aromatic rings. The summed E-state index contributed by atoms with van der Waals surface area (Å²) in [7, 11) is 1.56. The summed E-state index contributed by atoms with van der Waals surface area (Å²) in [5.41, 5.74) is 1.82. The quantitative estimate of drug-likeness (QED) is 0.324. The number of fused-ring (bicyclic) bond motifs is 1. The minimum absolute atomic E-state index is 0.0234. The van der Waals surface area contributed by atoms with Gasteiger partial charge in [-0.1, -0.05) is 49.3 Å². The number of ether oxygens (including phenoxy) is 1. The molecule has 2 aromatic carbocycles. The molecule has 228 valence electrons. The fraction of sp³-hybridized carbons (Fsp3) is 0.455. The number of nitrogens with zero attached hydrogens (tertiary/aromatic N) is 5. The van der Waals surface area contributed by atoms with Crippen LogP contribution < -0.4 is 14.5 Å². The summed E-state index contributed by atoms with van der Waals surface area (Å²) in [4.78, 5) is 30.4. The maximum Gasteiger partial charge on any atom is 0.264 e. The number of hydrogen-bond acceptors (Lipinski definition) is 7. The largest absolute Gasteiger partial charge is 0.497 e. The third kappa shape index (κ3) is 6.50. The number of allylic oxidation sites excluding steroid dienone is 1. The number of methoxy groups -OCH3 is 1. The van der Waals surface area contributed by atoms with Crippen molar-refractivity contribution in [2.45, 2.75) is 70.6 Å². The first-order chi connectivity index (χ1) is 20.8. The Kier molecular flexibility index (Phi) is 9.57. The number of carbonyl (C=O) groups excluding carboxylic acids is 2. The molecule has 1 saturated heterocycles. The van der Waals surface area contributed by atoms with Gasteiger partial charge >= 0.3 is 0 Å². The van der Waals surface area contributed by atoms with Crippen LogP contribution in [0.1, 0.15) is 62.3 Å². The van der Waals surface area contributed by atoms with Gasteiger partial charge in [-0.15, -0.1) is 5.10 Å². The van der Waals surface area contributed by atoms with E-state index in [1.807, 2.05) is 54.3 Å². The van der Waals surface area contributed by atoms with Gasteiger partial charge in [-0.3, -0.25) is 14.3 Å². The average Bonchev–Trinajstić information content (AvgIpc) is 3.54. The van der Waals surface area contributed by atoms with Crippen molar-refractivity contribution < 1.29 is 24.5 Å². The summed E-state index contributed by atoms with van der Waals surface area (Å²) in [5.74, 6) is -0.228. The molecule has 1 fully saturated rings. The van der Waals surface area contributed by atoms with E-state index in [0.717, 1.165) is 42.6 Å². The number of rotatable bonds is 11. The Balaban J connectivity index is 1.36. The minimum Gasteiger partial charge on any atom is -0.497 e. The van der Waals surface area contributed by atoms with Gasteiger partial charge in [0.2, 0.25) is 5.91 Å². The molecule has 5 rings (SSSR count). The smallest absolute Gasteiger partial charge is 0.264 e. The fourth-order valence-corrected chi connectivity index (χ4v) is 5.97. The highest BCUT2D eigenvalue weighted by Crippen LogP contribution is 2.47. The molecule has 0 saturated carbocycles. The standard InChI is InChI=1S/C33H41N5O5/c1-24(10-6-8-17-36-23-26(16-19-39)34-35-36)33(42)29-21-28(43-2)14-15-30(29)38(32(33)41)22-25-11-9-12-27(20-25)37-18-7-4-3-5-13-31(37)40/h6,9-12,14-15,20-21,23-24,39,42H,3-5,7-8,13,16-19,22H2,1-2H3/b10-6+/t24-,33+/m0/s1. The lowest BCUT2D eigenvalue weighted by molar-refractivity contribution is -0.139. The first kappa shape index (κ1) is 30.4. The number of benzene rings is 2. The normalized spacial score (nSPS) is 19.9. The van der Waals surface area contributed by atoms with Crippen LogP contribution in [0.4, 0.5) is 11.4 Å². The maximum absolute atomic E-state index is 14.1. The van der Waals surface area contributed by atoms with Crippen LogP contribution in [-0.2, 0) is 34.7 Å². The van der Waals surface area contributed by atoms with Crippen LogP contribution in [0.25, 0.3) is 0 Å². The summed E-state index contributed by atoms with van der Waals surface area (Å²) in [6.45, 7) is 3.40. The lowest BCUT2D eigenvalue weighted by Gasteiger charge is -2.28. The lowest BCUT2D eigenvalue weighted by Crippen LogP contribution is -2.44. The van der Waals surface area contributed by atoms with Crippen LogP contribution in [0, 0.1) is 5.92 Å². The van der Waals surface area contributed by atoms with E-state index in [-0.39, 0.29) is 19.1 Å². The van der Waals surface area contributed by atoms with Crippen molar-refractivity contribution >= 4 is 23.2 Å². The summed E-state index contributed by atoms with van der Waals surface area (Å²) in [6, 6.07) is 13.2. The summed E-state index contributed by atoms with van der Waals surface area (Å²) < 4.78 is 7.17. The molecule has 10 heteroatoms. The Morgan fingerprint density at radius 1 is 1.12 bits per heavy atom. The van der Waals surface area contributed by atoms with Gasteiger partial charge in [-0.25, -0.2) is 0 Å². The second-order valence-electron chi connectivity index (χ2n) is 11.4. The molecule has 0 unspecified atom stereocenters. The average molecular weight is 588 g/mol. The monoisotopic (exact) mass is 587 g/mol. The Morgan fingerprint density at radius 2 is 1.95 bits per heavy atom. The molecule has 10 nitrogen and oxygen atoms in total. The number of carbonyl (C=O) groups is 2. The van der Waals surface area contributed by atoms with Gasteiger partial charge < -0.3 is 24.7 Å². The minimum atomic E-state index is -1.78. The predicted octanol–water partition coefficient (Wildman–Crippen LogP) is 4.14. The zero-order valence-electron chi connectivity index (χ0n) is 25.0. The number of anilines is 2. The Hall–Kier alpha value is -4.02. The third-order valence-electron chi connectivity index (χ3n) is 8.43. The van der Waals surface area contributed by atoms with Crippen LogP contribution in [0.2, 0.25) is 0 Å². The van der Waals surface area contributed by atoms with Gasteiger partial charge in [0.05, 0.1) is 25.0 Å². The van der Waals surface area contributed by atoms with Gasteiger partial charge in [-0.05, 0) is 55.2 Å². The van der Waals surface area contributed by atoms with Crippen molar-refractivity contribution in [2.24, 2.45) is 5.92 Å². The second kappa shape index (κ2) is 13.5. The Morgan fingerprint density at radius 3 is 2.77 bits per heavy atom. The molecule has 0 aliphatic carbocycles. The molecule has 43 heavy (non-hydrogen) atoms. The number of aliphatic hydroxyl groups excluding tert-OH is 1. The number of hydrogen-bond donors (Lipinski definition) is 2. The number of aryl methyl sites for hydroxylation is 1. The first-order valence-electron chi connectivity index (χ1n) is 15.1. The van der Waals surface area contributed by atoms with Gasteiger partial charge in [-0.2, -0.15) is 0 Å². The van der Waals surface area contributed by atoms with Crippen molar-refractivity contribution in [2.75, 3.05) is 30.1 Å². The van der Waals surface area contributed by atoms with Crippen LogP contribution in [0.5, 0.6) is 5.75 Å². The highest BCUT2D eigenvalue weighted by Gasteiger charge is 2.52. The maximum atomic E-state index is 14.1. The second-order valence-corrected chi connectivity index (χ2v) is 11.4. The molecular formula is C33H41N5O5. The molecule has 1 aromatic heterocycles. The van der Waals surface area contributed by atoms with E-state index in [2.05, 4.69) is 10.3 Å². The zero-order chi connectivity index (χ0) is 30.4. The van der Waals surface area contributed by atoms with Crippen molar-refractivity contribution in [1.29, 1.82) is 0 Å². The highest BCUT2D eigenvalue weighted by molar-refractivity contribution is 6.07. The Bertz CT molecular complexity index is 1470. The van der Waals surface area contributed by atoms with E-state index in [9.17, 15) is 14.7 Å². The van der Waals surface area contributed by atoms with Gasteiger partial charge in [0.1, 0.15) is 5.75 Å². The Labute approximate surface area is 252 Å². The van der Waals surface area contributed by atoms with Gasteiger partial charge in [0, 0.05) is 55.9 Å². The van der Waals surface area contributed by atoms with E-state index in [1.54, 1.807) is 35.0 Å². The van der Waals surface area contributed by atoms with Crippen molar-refractivity contribution in [3.05, 3.63) is 77.6 Å². The molecule has 2 N–H and O–H groups in total. The molecule has 0 radical (unpaired) electrons. The first-order valence-corrected chi connectivity index (χ1v) is 15.1. The number of aromatic nitrogens is 3. The highest BCUT2D eigenvalue weighted by atomic mass is 16.5. The fourth-order valence-electron chi connectivity index (χ4n) is 5.97. The van der Waals surface area contributed by atoms with Crippen molar-refractivity contribution in [3.63, 3.8) is 0 Å². The van der Waals surface area contributed by atoms with Crippen molar-refractivity contribution in [1.82, 2.24) is 15.0 Å². The van der Waals surface area contributed by atoms with Crippen LogP contribution in [0.15, 0.2) is 60.8 Å². The molecule has 0 bridgehead atoms. The lowest BCUT2D eigenvalue weighted by atomic mass is 9.83. The summed E-state index contributed by atoms with van der Waals surface area (Å²) >= 11 is 0.